The molecular weight excluding hydrogens is 382 g/mol. The fraction of sp³-hybridized carbons (Fsp3) is 0.375. The Morgan fingerprint density at radius 3 is 2.41 bits per heavy atom. The van der Waals surface area contributed by atoms with E-state index in [1.807, 2.05) is 45.0 Å². The van der Waals surface area contributed by atoms with Gasteiger partial charge in [0.1, 0.15) is 0 Å². The third kappa shape index (κ3) is 5.54. The molecular formula is C24H30ClN3O. The number of halogens is 1. The van der Waals surface area contributed by atoms with Gasteiger partial charge in [0.05, 0.1) is 0 Å². The molecule has 1 aliphatic heterocycles. The van der Waals surface area contributed by atoms with Crippen LogP contribution in [-0.4, -0.2) is 30.1 Å². The normalized spacial score (nSPS) is 14.7. The van der Waals surface area contributed by atoms with Crippen LogP contribution in [0.5, 0.6) is 0 Å². The number of aryl methyl sites for hydroxylation is 1. The highest BCUT2D eigenvalue weighted by atomic mass is 35.5. The van der Waals surface area contributed by atoms with Gasteiger partial charge in [0.25, 0.3) is 0 Å². The van der Waals surface area contributed by atoms with Crippen LogP contribution in [0.3, 0.4) is 0 Å². The Kier molecular flexibility index (Phi) is 6.86. The number of piperidine rings is 1. The maximum absolute atomic E-state index is 12.1. The van der Waals surface area contributed by atoms with Gasteiger partial charge in [-0.3, -0.25) is 0 Å². The number of urea groups is 1. The van der Waals surface area contributed by atoms with Gasteiger partial charge < -0.3 is 15.5 Å². The summed E-state index contributed by atoms with van der Waals surface area (Å²) >= 11 is 6.01. The lowest BCUT2D eigenvalue weighted by molar-refractivity contribution is 0.250. The zero-order valence-corrected chi connectivity index (χ0v) is 18.2. The second-order valence-corrected chi connectivity index (χ2v) is 8.48. The second kappa shape index (κ2) is 9.36. The van der Waals surface area contributed by atoms with Gasteiger partial charge >= 0.3 is 6.03 Å². The Hall–Kier alpha value is -2.46. The predicted molar refractivity (Wildman–Crippen MR) is 123 cm³/mol. The molecule has 2 aromatic rings. The van der Waals surface area contributed by atoms with Crippen molar-refractivity contribution in [2.24, 2.45) is 0 Å². The van der Waals surface area contributed by atoms with E-state index in [9.17, 15) is 4.79 Å². The molecule has 29 heavy (non-hydrogen) atoms. The van der Waals surface area contributed by atoms with Crippen LogP contribution in [0.1, 0.15) is 49.3 Å². The predicted octanol–water partition coefficient (Wildman–Crippen LogP) is 6.03. The molecule has 1 fully saturated rings. The summed E-state index contributed by atoms with van der Waals surface area (Å²) in [6.45, 7) is 12.2. The highest BCUT2D eigenvalue weighted by Crippen LogP contribution is 2.32. The van der Waals surface area contributed by atoms with E-state index < -0.39 is 0 Å². The molecule has 0 spiro atoms. The van der Waals surface area contributed by atoms with Gasteiger partial charge in [-0.1, -0.05) is 42.4 Å². The standard InChI is InChI=1S/C24H30ClN3O/c1-16(2)26-24(29)27-23-15-21(6-5-17(23)3)18(4)28-13-11-20(12-14-28)19-7-9-22(25)10-8-19/h5-10,15-16,20H,4,11-14H2,1-3H3,(H2,26,27,29). The molecule has 0 radical (unpaired) electrons. The molecule has 0 bridgehead atoms. The molecule has 2 N–H and O–H groups in total. The first kappa shape index (κ1) is 21.3. The van der Waals surface area contributed by atoms with Crippen molar-refractivity contribution in [2.75, 3.05) is 18.4 Å². The van der Waals surface area contributed by atoms with Gasteiger partial charge in [0.2, 0.25) is 0 Å². The van der Waals surface area contributed by atoms with Crippen LogP contribution in [0.2, 0.25) is 5.02 Å². The number of anilines is 1. The zero-order chi connectivity index (χ0) is 21.0. The summed E-state index contributed by atoms with van der Waals surface area (Å²) in [6, 6.07) is 14.3. The van der Waals surface area contributed by atoms with E-state index in [0.29, 0.717) is 5.92 Å². The number of benzene rings is 2. The Morgan fingerprint density at radius 1 is 1.14 bits per heavy atom. The lowest BCUT2D eigenvalue weighted by atomic mass is 9.89. The summed E-state index contributed by atoms with van der Waals surface area (Å²) in [6.07, 6.45) is 2.18. The monoisotopic (exact) mass is 411 g/mol. The van der Waals surface area contributed by atoms with Gasteiger partial charge in [-0.15, -0.1) is 0 Å². The minimum absolute atomic E-state index is 0.0930. The number of nitrogens with zero attached hydrogens (tertiary/aromatic N) is 1. The lowest BCUT2D eigenvalue weighted by Gasteiger charge is -2.35. The van der Waals surface area contributed by atoms with Crippen molar-refractivity contribution >= 4 is 29.0 Å². The second-order valence-electron chi connectivity index (χ2n) is 8.04. The zero-order valence-electron chi connectivity index (χ0n) is 17.5. The maximum atomic E-state index is 12.1. The molecule has 0 saturated carbocycles. The van der Waals surface area contributed by atoms with Gasteiger partial charge in [-0.05, 0) is 74.4 Å². The fourth-order valence-electron chi connectivity index (χ4n) is 3.76. The topological polar surface area (TPSA) is 44.4 Å². The third-order valence-electron chi connectivity index (χ3n) is 5.46. The minimum Gasteiger partial charge on any atom is -0.371 e. The Labute approximate surface area is 178 Å². The summed E-state index contributed by atoms with van der Waals surface area (Å²) in [7, 11) is 0. The summed E-state index contributed by atoms with van der Waals surface area (Å²) in [5, 5.41) is 6.60. The van der Waals surface area contributed by atoms with E-state index in [-0.39, 0.29) is 12.1 Å². The quantitative estimate of drug-likeness (QED) is 0.630. The van der Waals surface area contributed by atoms with E-state index in [4.69, 9.17) is 11.6 Å². The molecule has 2 aromatic carbocycles. The van der Waals surface area contributed by atoms with E-state index in [2.05, 4.69) is 40.3 Å². The first-order valence-corrected chi connectivity index (χ1v) is 10.6. The molecule has 1 saturated heterocycles. The molecule has 0 aliphatic carbocycles. The van der Waals surface area contributed by atoms with Gasteiger partial charge in [-0.25, -0.2) is 4.79 Å². The molecule has 4 nitrogen and oxygen atoms in total. The van der Waals surface area contributed by atoms with Crippen LogP contribution in [0.15, 0.2) is 49.0 Å². The lowest BCUT2D eigenvalue weighted by Crippen LogP contribution is -2.34. The molecule has 5 heteroatoms. The van der Waals surface area contributed by atoms with E-state index in [0.717, 1.165) is 53.5 Å². The van der Waals surface area contributed by atoms with Crippen molar-refractivity contribution in [3.63, 3.8) is 0 Å². The van der Waals surface area contributed by atoms with Crippen molar-refractivity contribution in [1.82, 2.24) is 10.2 Å². The van der Waals surface area contributed by atoms with Gasteiger partial charge in [0.15, 0.2) is 0 Å². The average molecular weight is 412 g/mol. The number of hydrogen-bond acceptors (Lipinski definition) is 2. The van der Waals surface area contributed by atoms with Crippen molar-refractivity contribution < 1.29 is 4.79 Å². The maximum Gasteiger partial charge on any atom is 0.319 e. The molecule has 154 valence electrons. The molecule has 0 aromatic heterocycles. The van der Waals surface area contributed by atoms with E-state index in [1.54, 1.807) is 0 Å². The van der Waals surface area contributed by atoms with Crippen LogP contribution in [0.4, 0.5) is 10.5 Å². The Balaban J connectivity index is 1.64. The number of carbonyl (C=O) groups excluding carboxylic acids is 1. The van der Waals surface area contributed by atoms with Gasteiger partial charge in [0, 0.05) is 35.5 Å². The minimum atomic E-state index is -0.186. The smallest absolute Gasteiger partial charge is 0.319 e. The largest absolute Gasteiger partial charge is 0.371 e. The van der Waals surface area contributed by atoms with Crippen LogP contribution >= 0.6 is 11.6 Å². The van der Waals surface area contributed by atoms with Crippen molar-refractivity contribution in [1.29, 1.82) is 0 Å². The van der Waals surface area contributed by atoms with Crippen LogP contribution in [0.25, 0.3) is 5.70 Å². The highest BCUT2D eigenvalue weighted by molar-refractivity contribution is 6.30. The number of hydrogen-bond donors (Lipinski definition) is 2. The number of carbonyl (C=O) groups is 1. The molecule has 0 atom stereocenters. The summed E-state index contributed by atoms with van der Waals surface area (Å²) in [5.41, 5.74) is 5.25. The number of likely N-dealkylation sites (tertiary alicyclic amines) is 1. The van der Waals surface area contributed by atoms with Crippen molar-refractivity contribution in [3.05, 3.63) is 70.8 Å². The first-order chi connectivity index (χ1) is 13.8. The van der Waals surface area contributed by atoms with Crippen LogP contribution < -0.4 is 10.6 Å². The average Bonchev–Trinajstić information content (AvgIpc) is 2.69. The number of rotatable bonds is 5. The molecule has 2 amide bonds. The highest BCUT2D eigenvalue weighted by Gasteiger charge is 2.22. The van der Waals surface area contributed by atoms with Crippen LogP contribution in [-0.2, 0) is 0 Å². The van der Waals surface area contributed by atoms with E-state index >= 15 is 0 Å². The first-order valence-electron chi connectivity index (χ1n) is 10.2. The van der Waals surface area contributed by atoms with Crippen molar-refractivity contribution in [3.8, 4) is 0 Å². The number of nitrogens with one attached hydrogen (secondary N) is 2. The molecule has 1 heterocycles. The number of amides is 2. The van der Waals surface area contributed by atoms with E-state index in [1.165, 1.54) is 5.56 Å². The summed E-state index contributed by atoms with van der Waals surface area (Å²) in [4.78, 5) is 14.4. The summed E-state index contributed by atoms with van der Waals surface area (Å²) in [5.74, 6) is 0.561. The SMILES string of the molecule is C=C(c1ccc(C)c(NC(=O)NC(C)C)c1)N1CCC(c2ccc(Cl)cc2)CC1. The van der Waals surface area contributed by atoms with Crippen LogP contribution in [0, 0.1) is 6.92 Å². The third-order valence-corrected chi connectivity index (χ3v) is 5.71. The molecule has 3 rings (SSSR count). The summed E-state index contributed by atoms with van der Waals surface area (Å²) < 4.78 is 0. The van der Waals surface area contributed by atoms with Crippen molar-refractivity contribution in [2.45, 2.75) is 45.6 Å². The molecule has 0 unspecified atom stereocenters. The Bertz CT molecular complexity index is 868. The Morgan fingerprint density at radius 2 is 1.79 bits per heavy atom. The molecule has 1 aliphatic rings. The van der Waals surface area contributed by atoms with Gasteiger partial charge in [-0.2, -0.15) is 0 Å². The fourth-order valence-corrected chi connectivity index (χ4v) is 3.88.